The monoisotopic (exact) mass is 294 g/mol. The maximum Gasteiger partial charge on any atom is 0.338 e. The molecule has 1 aromatic rings. The highest BCUT2D eigenvalue weighted by molar-refractivity contribution is 7.80. The number of hydrogen-bond acceptors (Lipinski definition) is 5. The predicted molar refractivity (Wildman–Crippen MR) is 84.3 cm³/mol. The zero-order valence-corrected chi connectivity index (χ0v) is 13.4. The standard InChI is InChI=1S/C15H22N2O2S/c1-9-12(15(18)19-4)10(2)14(20)11(3)13(9)17-7-5-16-6-8-17/h16,20H,5-8H2,1-4H3. The average Bonchev–Trinajstić information content (AvgIpc) is 2.46. The Labute approximate surface area is 125 Å². The number of rotatable bonds is 2. The number of nitrogens with one attached hydrogen (secondary N) is 1. The molecule has 1 N–H and O–H groups in total. The quantitative estimate of drug-likeness (QED) is 0.647. The first-order valence-corrected chi connectivity index (χ1v) is 7.30. The van der Waals surface area contributed by atoms with Gasteiger partial charge in [-0.25, -0.2) is 4.79 Å². The molecule has 1 aromatic carbocycles. The zero-order chi connectivity index (χ0) is 14.9. The average molecular weight is 294 g/mol. The van der Waals surface area contributed by atoms with Crippen LogP contribution in [0, 0.1) is 20.8 Å². The third-order valence-electron chi connectivity index (χ3n) is 3.99. The van der Waals surface area contributed by atoms with Crippen molar-refractivity contribution in [1.82, 2.24) is 5.32 Å². The number of thiol groups is 1. The molecule has 0 radical (unpaired) electrons. The number of methoxy groups -OCH3 is 1. The van der Waals surface area contributed by atoms with Gasteiger partial charge in [0, 0.05) is 36.8 Å². The van der Waals surface area contributed by atoms with E-state index in [0.717, 1.165) is 53.5 Å². The molecule has 1 heterocycles. The smallest absolute Gasteiger partial charge is 0.338 e. The summed E-state index contributed by atoms with van der Waals surface area (Å²) in [6.45, 7) is 9.80. The Hall–Kier alpha value is -1.20. The van der Waals surface area contributed by atoms with Gasteiger partial charge in [-0.1, -0.05) is 0 Å². The lowest BCUT2D eigenvalue weighted by Crippen LogP contribution is -2.44. The number of hydrogen-bond donors (Lipinski definition) is 2. The van der Waals surface area contributed by atoms with Crippen LogP contribution in [0.2, 0.25) is 0 Å². The van der Waals surface area contributed by atoms with Crippen LogP contribution in [0.5, 0.6) is 0 Å². The highest BCUT2D eigenvalue weighted by Gasteiger charge is 2.24. The second-order valence-corrected chi connectivity index (χ2v) is 5.62. The van der Waals surface area contributed by atoms with Crippen molar-refractivity contribution in [2.45, 2.75) is 25.7 Å². The molecule has 4 nitrogen and oxygen atoms in total. The van der Waals surface area contributed by atoms with Gasteiger partial charge in [0.1, 0.15) is 0 Å². The molecular weight excluding hydrogens is 272 g/mol. The Balaban J connectivity index is 2.61. The molecular formula is C15H22N2O2S. The van der Waals surface area contributed by atoms with E-state index in [1.165, 1.54) is 7.11 Å². The lowest BCUT2D eigenvalue weighted by molar-refractivity contribution is 0.0598. The first-order chi connectivity index (χ1) is 9.49. The second-order valence-electron chi connectivity index (χ2n) is 5.18. The number of carbonyl (C=O) groups excluding carboxylic acids is 1. The number of carbonyl (C=O) groups is 1. The van der Waals surface area contributed by atoms with Crippen LogP contribution >= 0.6 is 12.6 Å². The van der Waals surface area contributed by atoms with Crippen molar-refractivity contribution in [2.24, 2.45) is 0 Å². The highest BCUT2D eigenvalue weighted by atomic mass is 32.1. The van der Waals surface area contributed by atoms with E-state index in [4.69, 9.17) is 4.74 Å². The first-order valence-electron chi connectivity index (χ1n) is 6.85. The predicted octanol–water partition coefficient (Wildman–Crippen LogP) is 2.10. The van der Waals surface area contributed by atoms with Crippen molar-refractivity contribution in [3.8, 4) is 0 Å². The van der Waals surface area contributed by atoms with Gasteiger partial charge in [-0.05, 0) is 37.5 Å². The fourth-order valence-corrected chi connectivity index (χ4v) is 3.18. The van der Waals surface area contributed by atoms with Crippen LogP contribution in [0.1, 0.15) is 27.0 Å². The van der Waals surface area contributed by atoms with Crippen LogP contribution in [0.25, 0.3) is 0 Å². The topological polar surface area (TPSA) is 41.6 Å². The Kier molecular flexibility index (Phi) is 4.60. The highest BCUT2D eigenvalue weighted by Crippen LogP contribution is 2.36. The molecule has 5 heteroatoms. The summed E-state index contributed by atoms with van der Waals surface area (Å²) < 4.78 is 4.93. The molecule has 0 saturated carbocycles. The molecule has 0 spiro atoms. The molecule has 0 bridgehead atoms. The molecule has 0 atom stereocenters. The van der Waals surface area contributed by atoms with Crippen molar-refractivity contribution < 1.29 is 9.53 Å². The van der Waals surface area contributed by atoms with Crippen LogP contribution in [0.4, 0.5) is 5.69 Å². The summed E-state index contributed by atoms with van der Waals surface area (Å²) in [4.78, 5) is 15.3. The summed E-state index contributed by atoms with van der Waals surface area (Å²) in [6.07, 6.45) is 0. The summed E-state index contributed by atoms with van der Waals surface area (Å²) in [5, 5.41) is 3.35. The summed E-state index contributed by atoms with van der Waals surface area (Å²) in [7, 11) is 1.42. The van der Waals surface area contributed by atoms with E-state index in [0.29, 0.717) is 5.56 Å². The third kappa shape index (κ3) is 2.52. The number of nitrogens with zero attached hydrogens (tertiary/aromatic N) is 1. The first kappa shape index (κ1) is 15.2. The summed E-state index contributed by atoms with van der Waals surface area (Å²) in [5.41, 5.74) is 4.80. The van der Waals surface area contributed by atoms with E-state index < -0.39 is 0 Å². The van der Waals surface area contributed by atoms with Crippen molar-refractivity contribution in [3.05, 3.63) is 22.3 Å². The minimum Gasteiger partial charge on any atom is -0.465 e. The number of piperazine rings is 1. The van der Waals surface area contributed by atoms with Crippen LogP contribution in [-0.4, -0.2) is 39.3 Å². The van der Waals surface area contributed by atoms with Gasteiger partial charge < -0.3 is 15.0 Å². The van der Waals surface area contributed by atoms with Gasteiger partial charge in [-0.3, -0.25) is 0 Å². The number of anilines is 1. The van der Waals surface area contributed by atoms with Gasteiger partial charge in [-0.2, -0.15) is 0 Å². The van der Waals surface area contributed by atoms with E-state index in [2.05, 4.69) is 29.8 Å². The van der Waals surface area contributed by atoms with E-state index in [-0.39, 0.29) is 5.97 Å². The second kappa shape index (κ2) is 6.06. The van der Waals surface area contributed by atoms with E-state index >= 15 is 0 Å². The van der Waals surface area contributed by atoms with Crippen LogP contribution in [0.3, 0.4) is 0 Å². The number of benzene rings is 1. The molecule has 1 saturated heterocycles. The Morgan fingerprint density at radius 3 is 2.30 bits per heavy atom. The SMILES string of the molecule is COC(=O)c1c(C)c(S)c(C)c(N2CCNCC2)c1C. The molecule has 0 aliphatic carbocycles. The molecule has 0 unspecified atom stereocenters. The Morgan fingerprint density at radius 1 is 1.15 bits per heavy atom. The van der Waals surface area contributed by atoms with Crippen LogP contribution in [-0.2, 0) is 4.74 Å². The van der Waals surface area contributed by atoms with Crippen molar-refractivity contribution in [1.29, 1.82) is 0 Å². The third-order valence-corrected chi connectivity index (χ3v) is 4.66. The lowest BCUT2D eigenvalue weighted by Gasteiger charge is -2.33. The van der Waals surface area contributed by atoms with Gasteiger partial charge in [-0.15, -0.1) is 12.6 Å². The molecule has 1 fully saturated rings. The molecule has 0 amide bonds. The van der Waals surface area contributed by atoms with Crippen LogP contribution < -0.4 is 10.2 Å². The Morgan fingerprint density at radius 2 is 1.75 bits per heavy atom. The Bertz CT molecular complexity index is 537. The minimum atomic E-state index is -0.285. The molecule has 1 aliphatic heterocycles. The minimum absolute atomic E-state index is 0.285. The summed E-state index contributed by atoms with van der Waals surface area (Å²) in [5.74, 6) is -0.285. The molecule has 0 aromatic heterocycles. The fraction of sp³-hybridized carbons (Fsp3) is 0.533. The summed E-state index contributed by atoms with van der Waals surface area (Å²) >= 11 is 4.60. The van der Waals surface area contributed by atoms with Gasteiger partial charge in [0.2, 0.25) is 0 Å². The normalized spacial score (nSPS) is 15.3. The van der Waals surface area contributed by atoms with Gasteiger partial charge in [0.25, 0.3) is 0 Å². The van der Waals surface area contributed by atoms with Crippen molar-refractivity contribution in [3.63, 3.8) is 0 Å². The van der Waals surface area contributed by atoms with E-state index in [9.17, 15) is 4.79 Å². The maximum atomic E-state index is 12.1. The molecule has 1 aliphatic rings. The molecule has 20 heavy (non-hydrogen) atoms. The van der Waals surface area contributed by atoms with E-state index in [1.807, 2.05) is 13.8 Å². The molecule has 110 valence electrons. The van der Waals surface area contributed by atoms with Gasteiger partial charge in [0.05, 0.1) is 12.7 Å². The van der Waals surface area contributed by atoms with Gasteiger partial charge in [0.15, 0.2) is 0 Å². The number of esters is 1. The zero-order valence-electron chi connectivity index (χ0n) is 12.5. The summed E-state index contributed by atoms with van der Waals surface area (Å²) in [6, 6.07) is 0. The fourth-order valence-electron chi connectivity index (χ4n) is 2.96. The maximum absolute atomic E-state index is 12.1. The van der Waals surface area contributed by atoms with Gasteiger partial charge >= 0.3 is 5.97 Å². The van der Waals surface area contributed by atoms with Crippen molar-refractivity contribution in [2.75, 3.05) is 38.2 Å². The number of ether oxygens (including phenoxy) is 1. The van der Waals surface area contributed by atoms with Crippen molar-refractivity contribution >= 4 is 24.3 Å². The molecule has 2 rings (SSSR count). The largest absolute Gasteiger partial charge is 0.465 e. The van der Waals surface area contributed by atoms with Crippen LogP contribution in [0.15, 0.2) is 4.90 Å². The lowest BCUT2D eigenvalue weighted by atomic mass is 9.96. The van der Waals surface area contributed by atoms with E-state index in [1.54, 1.807) is 0 Å².